The summed E-state index contributed by atoms with van der Waals surface area (Å²) < 4.78 is 0. The molecule has 0 spiro atoms. The number of amides is 3. The molecule has 0 aromatic rings. The average molecular weight is 395 g/mol. The smallest absolute Gasteiger partial charge is 0.325 e. The summed E-state index contributed by atoms with van der Waals surface area (Å²) in [5.74, 6) is -3.22. The van der Waals surface area contributed by atoms with E-state index in [1.807, 2.05) is 0 Å². The average Bonchev–Trinajstić information content (AvgIpc) is 2.55. The molecular formula is C14H26N4O5S2. The lowest BCUT2D eigenvalue weighted by Crippen LogP contribution is -2.58. The lowest BCUT2D eigenvalue weighted by atomic mass is 10.0. The summed E-state index contributed by atoms with van der Waals surface area (Å²) in [5.41, 5.74) is 5.72. The Morgan fingerprint density at radius 1 is 0.880 bits per heavy atom. The first-order valence-electron chi connectivity index (χ1n) is 7.66. The zero-order valence-corrected chi connectivity index (χ0v) is 16.1. The van der Waals surface area contributed by atoms with Gasteiger partial charge >= 0.3 is 5.97 Å². The minimum absolute atomic E-state index is 0.00513. The third kappa shape index (κ3) is 7.97. The summed E-state index contributed by atoms with van der Waals surface area (Å²) in [4.78, 5) is 47.0. The second-order valence-electron chi connectivity index (χ2n) is 5.83. The maximum Gasteiger partial charge on any atom is 0.325 e. The lowest BCUT2D eigenvalue weighted by Gasteiger charge is -2.23. The second-order valence-corrected chi connectivity index (χ2v) is 6.56. The number of carboxylic acids is 1. The molecule has 6 N–H and O–H groups in total. The van der Waals surface area contributed by atoms with Crippen molar-refractivity contribution in [1.82, 2.24) is 16.0 Å². The second kappa shape index (κ2) is 11.2. The number of aliphatic carboxylic acids is 1. The molecule has 0 aromatic carbocycles. The molecule has 9 nitrogen and oxygen atoms in total. The molecule has 0 aliphatic heterocycles. The molecule has 0 fully saturated rings. The van der Waals surface area contributed by atoms with Gasteiger partial charge in [0.2, 0.25) is 17.7 Å². The van der Waals surface area contributed by atoms with E-state index >= 15 is 0 Å². The highest BCUT2D eigenvalue weighted by Gasteiger charge is 2.28. The highest BCUT2D eigenvalue weighted by molar-refractivity contribution is 7.80. The van der Waals surface area contributed by atoms with Crippen molar-refractivity contribution in [3.05, 3.63) is 0 Å². The van der Waals surface area contributed by atoms with Gasteiger partial charge in [-0.05, 0) is 12.8 Å². The highest BCUT2D eigenvalue weighted by Crippen LogP contribution is 2.00. The van der Waals surface area contributed by atoms with E-state index in [0.29, 0.717) is 0 Å². The zero-order chi connectivity index (χ0) is 19.7. The maximum absolute atomic E-state index is 12.2. The van der Waals surface area contributed by atoms with Gasteiger partial charge in [0.05, 0.1) is 6.04 Å². The van der Waals surface area contributed by atoms with E-state index in [4.69, 9.17) is 10.8 Å². The summed E-state index contributed by atoms with van der Waals surface area (Å²) in [5, 5.41) is 15.9. The Kier molecular flexibility index (Phi) is 10.6. The Bertz CT molecular complexity index is 504. The van der Waals surface area contributed by atoms with Crippen LogP contribution in [0.3, 0.4) is 0 Å². The van der Waals surface area contributed by atoms with E-state index in [2.05, 4.69) is 41.2 Å². The van der Waals surface area contributed by atoms with E-state index in [9.17, 15) is 19.2 Å². The van der Waals surface area contributed by atoms with Crippen LogP contribution in [-0.2, 0) is 19.2 Å². The van der Waals surface area contributed by atoms with Crippen LogP contribution in [0.5, 0.6) is 0 Å². The largest absolute Gasteiger partial charge is 0.480 e. The van der Waals surface area contributed by atoms with Crippen molar-refractivity contribution < 1.29 is 24.3 Å². The SMILES string of the molecule is CC(NC(=O)C(CS)NC(=O)C(CS)NC(=O)C(N)C(C)C)C(=O)O. The van der Waals surface area contributed by atoms with Crippen LogP contribution < -0.4 is 21.7 Å². The minimum Gasteiger partial charge on any atom is -0.480 e. The zero-order valence-electron chi connectivity index (χ0n) is 14.4. The van der Waals surface area contributed by atoms with Gasteiger partial charge in [0.25, 0.3) is 0 Å². The number of carboxylic acid groups (broad SMARTS) is 1. The molecule has 0 heterocycles. The Morgan fingerprint density at radius 2 is 1.28 bits per heavy atom. The van der Waals surface area contributed by atoms with Crippen LogP contribution in [0.25, 0.3) is 0 Å². The summed E-state index contributed by atoms with van der Waals surface area (Å²) in [6, 6.07) is -3.95. The Hall–Kier alpha value is -1.46. The van der Waals surface area contributed by atoms with E-state index in [-0.39, 0.29) is 17.4 Å². The molecule has 0 bridgehead atoms. The first-order valence-corrected chi connectivity index (χ1v) is 8.92. The van der Waals surface area contributed by atoms with Gasteiger partial charge < -0.3 is 26.8 Å². The first-order chi connectivity index (χ1) is 11.5. The third-order valence-electron chi connectivity index (χ3n) is 3.38. The van der Waals surface area contributed by atoms with Gasteiger partial charge in [-0.3, -0.25) is 19.2 Å². The molecule has 0 rings (SSSR count). The highest BCUT2D eigenvalue weighted by atomic mass is 32.1. The van der Waals surface area contributed by atoms with Crippen LogP contribution in [-0.4, -0.2) is 64.5 Å². The van der Waals surface area contributed by atoms with Gasteiger partial charge in [-0.2, -0.15) is 25.3 Å². The topological polar surface area (TPSA) is 151 Å². The van der Waals surface area contributed by atoms with Gasteiger partial charge in [0, 0.05) is 11.5 Å². The molecule has 4 unspecified atom stereocenters. The molecule has 3 amide bonds. The molecule has 4 atom stereocenters. The summed E-state index contributed by atoms with van der Waals surface area (Å²) >= 11 is 8.00. The van der Waals surface area contributed by atoms with Crippen molar-refractivity contribution in [2.45, 2.75) is 44.9 Å². The number of nitrogens with one attached hydrogen (secondary N) is 3. The predicted octanol–water partition coefficient (Wildman–Crippen LogP) is -1.61. The van der Waals surface area contributed by atoms with E-state index in [1.54, 1.807) is 13.8 Å². The van der Waals surface area contributed by atoms with Gasteiger partial charge in [0.15, 0.2) is 0 Å². The van der Waals surface area contributed by atoms with E-state index in [1.165, 1.54) is 6.92 Å². The van der Waals surface area contributed by atoms with Crippen molar-refractivity contribution in [2.75, 3.05) is 11.5 Å². The van der Waals surface area contributed by atoms with Gasteiger partial charge in [-0.15, -0.1) is 0 Å². The summed E-state index contributed by atoms with van der Waals surface area (Å²) in [6.07, 6.45) is 0. The predicted molar refractivity (Wildman–Crippen MR) is 99.6 cm³/mol. The maximum atomic E-state index is 12.2. The molecule has 0 aromatic heterocycles. The van der Waals surface area contributed by atoms with Crippen LogP contribution in [0.4, 0.5) is 0 Å². The fraction of sp³-hybridized carbons (Fsp3) is 0.714. The van der Waals surface area contributed by atoms with Crippen molar-refractivity contribution in [2.24, 2.45) is 11.7 Å². The molecule has 0 saturated carbocycles. The molecule has 0 radical (unpaired) electrons. The molecule has 0 saturated heterocycles. The van der Waals surface area contributed by atoms with E-state index < -0.39 is 47.9 Å². The van der Waals surface area contributed by atoms with Crippen molar-refractivity contribution >= 4 is 48.9 Å². The van der Waals surface area contributed by atoms with Crippen LogP contribution >= 0.6 is 25.3 Å². The molecule has 144 valence electrons. The van der Waals surface area contributed by atoms with Crippen LogP contribution in [0.1, 0.15) is 20.8 Å². The van der Waals surface area contributed by atoms with Crippen LogP contribution in [0.2, 0.25) is 0 Å². The van der Waals surface area contributed by atoms with Gasteiger partial charge in [-0.25, -0.2) is 0 Å². The first kappa shape index (κ1) is 23.5. The molecular weight excluding hydrogens is 368 g/mol. The number of thiol groups is 2. The Morgan fingerprint density at radius 3 is 1.64 bits per heavy atom. The number of hydrogen-bond donors (Lipinski definition) is 7. The van der Waals surface area contributed by atoms with Crippen molar-refractivity contribution in [3.63, 3.8) is 0 Å². The fourth-order valence-corrected chi connectivity index (χ4v) is 2.12. The number of nitrogens with two attached hydrogens (primary N) is 1. The molecule has 25 heavy (non-hydrogen) atoms. The summed E-state index contributed by atoms with van der Waals surface area (Å²) in [7, 11) is 0. The Balaban J connectivity index is 4.84. The number of hydrogen-bond acceptors (Lipinski definition) is 7. The van der Waals surface area contributed by atoms with E-state index in [0.717, 1.165) is 0 Å². The summed E-state index contributed by atoms with van der Waals surface area (Å²) in [6.45, 7) is 4.83. The standard InChI is InChI=1S/C14H26N4O5S2/c1-6(2)10(15)13(21)18-9(5-25)12(20)17-8(4-24)11(19)16-7(3)14(22)23/h6-10,24-25H,4-5,15H2,1-3H3,(H,16,19)(H,17,20)(H,18,21)(H,22,23). The number of rotatable bonds is 10. The Labute approximate surface area is 157 Å². The van der Waals surface area contributed by atoms with Crippen molar-refractivity contribution in [3.8, 4) is 0 Å². The molecule has 0 aliphatic rings. The van der Waals surface area contributed by atoms with Gasteiger partial charge in [0.1, 0.15) is 18.1 Å². The molecule has 11 heteroatoms. The number of carbonyl (C=O) groups is 4. The van der Waals surface area contributed by atoms with Crippen LogP contribution in [0, 0.1) is 5.92 Å². The van der Waals surface area contributed by atoms with Gasteiger partial charge in [-0.1, -0.05) is 13.8 Å². The lowest BCUT2D eigenvalue weighted by molar-refractivity contribution is -0.141. The quantitative estimate of drug-likeness (QED) is 0.222. The fourth-order valence-electron chi connectivity index (χ4n) is 1.61. The normalized spacial score (nSPS) is 15.6. The third-order valence-corrected chi connectivity index (χ3v) is 4.11. The minimum atomic E-state index is -1.21. The monoisotopic (exact) mass is 394 g/mol. The van der Waals surface area contributed by atoms with Crippen LogP contribution in [0.15, 0.2) is 0 Å². The number of carbonyl (C=O) groups excluding carboxylic acids is 3. The van der Waals surface area contributed by atoms with Crippen molar-refractivity contribution in [1.29, 1.82) is 0 Å². The molecule has 0 aliphatic carbocycles.